The Kier molecular flexibility index (Phi) is 4.75. The number of anilines is 3. The maximum Gasteiger partial charge on any atom is 0.239 e. The lowest BCUT2D eigenvalue weighted by Gasteiger charge is -2.14. The molecule has 7 heteroatoms. The third-order valence-electron chi connectivity index (χ3n) is 2.50. The summed E-state index contributed by atoms with van der Waals surface area (Å²) in [6.45, 7) is 3.74. The largest absolute Gasteiger partial charge is 0.473 e. The van der Waals surface area contributed by atoms with E-state index in [1.807, 2.05) is 13.8 Å². The summed E-state index contributed by atoms with van der Waals surface area (Å²) >= 11 is 11.9. The van der Waals surface area contributed by atoms with Gasteiger partial charge in [0, 0.05) is 0 Å². The normalized spacial score (nSPS) is 10.8. The molecule has 21 heavy (non-hydrogen) atoms. The van der Waals surface area contributed by atoms with Gasteiger partial charge < -0.3 is 15.8 Å². The van der Waals surface area contributed by atoms with Crippen LogP contribution < -0.4 is 15.8 Å². The maximum absolute atomic E-state index is 13.2. The predicted molar refractivity (Wildman–Crippen MR) is 84.1 cm³/mol. The van der Waals surface area contributed by atoms with Crippen LogP contribution in [0.15, 0.2) is 24.3 Å². The Morgan fingerprint density at radius 1 is 1.24 bits per heavy atom. The first kappa shape index (κ1) is 15.7. The topological polar surface area (TPSA) is 60.2 Å². The standard InChI is InChI=1S/C14H14Cl2FN3O/c1-7(2)21-14-11(18)3-4-12(20-14)19-13-9(15)5-8(17)6-10(13)16/h3-7H,18H2,1-2H3,(H,19,20). The molecule has 3 N–H and O–H groups in total. The summed E-state index contributed by atoms with van der Waals surface area (Å²) in [5.41, 5.74) is 6.58. The van der Waals surface area contributed by atoms with Crippen molar-refractivity contribution in [2.45, 2.75) is 20.0 Å². The number of aromatic nitrogens is 1. The molecule has 0 spiro atoms. The molecule has 1 heterocycles. The number of nitrogens with one attached hydrogen (secondary N) is 1. The van der Waals surface area contributed by atoms with E-state index >= 15 is 0 Å². The summed E-state index contributed by atoms with van der Waals surface area (Å²) in [6, 6.07) is 5.63. The fraction of sp³-hybridized carbons (Fsp3) is 0.214. The molecule has 0 saturated heterocycles. The van der Waals surface area contributed by atoms with Gasteiger partial charge in [-0.1, -0.05) is 23.2 Å². The van der Waals surface area contributed by atoms with E-state index < -0.39 is 5.82 Å². The van der Waals surface area contributed by atoms with Crippen LogP contribution in [0, 0.1) is 5.82 Å². The van der Waals surface area contributed by atoms with Crippen LogP contribution in [0.3, 0.4) is 0 Å². The highest BCUT2D eigenvalue weighted by molar-refractivity contribution is 6.39. The van der Waals surface area contributed by atoms with Crippen LogP contribution in [-0.4, -0.2) is 11.1 Å². The highest BCUT2D eigenvalue weighted by atomic mass is 35.5. The zero-order chi connectivity index (χ0) is 15.6. The first-order valence-electron chi connectivity index (χ1n) is 6.21. The van der Waals surface area contributed by atoms with E-state index in [-0.39, 0.29) is 16.1 Å². The molecule has 0 amide bonds. The van der Waals surface area contributed by atoms with Crippen molar-refractivity contribution < 1.29 is 9.13 Å². The van der Waals surface area contributed by atoms with Gasteiger partial charge in [-0.15, -0.1) is 0 Å². The van der Waals surface area contributed by atoms with Gasteiger partial charge in [0.15, 0.2) is 0 Å². The first-order chi connectivity index (χ1) is 9.86. The summed E-state index contributed by atoms with van der Waals surface area (Å²) in [7, 11) is 0. The molecule has 0 atom stereocenters. The van der Waals surface area contributed by atoms with Gasteiger partial charge in [0.25, 0.3) is 0 Å². The average molecular weight is 330 g/mol. The monoisotopic (exact) mass is 329 g/mol. The second-order valence-electron chi connectivity index (χ2n) is 4.63. The summed E-state index contributed by atoms with van der Waals surface area (Å²) in [6.07, 6.45) is -0.0620. The summed E-state index contributed by atoms with van der Waals surface area (Å²) < 4.78 is 18.7. The lowest BCUT2D eigenvalue weighted by atomic mass is 10.3. The fourth-order valence-corrected chi connectivity index (χ4v) is 2.18. The zero-order valence-electron chi connectivity index (χ0n) is 11.5. The SMILES string of the molecule is CC(C)Oc1nc(Nc2c(Cl)cc(F)cc2Cl)ccc1N. The van der Waals surface area contributed by atoms with Crippen LogP contribution in [0.2, 0.25) is 10.0 Å². The molecule has 0 radical (unpaired) electrons. The second-order valence-corrected chi connectivity index (χ2v) is 5.44. The Labute approximate surface area is 132 Å². The molecule has 0 bridgehead atoms. The minimum Gasteiger partial charge on any atom is -0.473 e. The summed E-state index contributed by atoms with van der Waals surface area (Å²) in [5.74, 6) is 0.240. The van der Waals surface area contributed by atoms with E-state index in [4.69, 9.17) is 33.7 Å². The number of nitrogens with two attached hydrogens (primary N) is 1. The van der Waals surface area contributed by atoms with E-state index in [2.05, 4.69) is 10.3 Å². The first-order valence-corrected chi connectivity index (χ1v) is 6.97. The van der Waals surface area contributed by atoms with Crippen molar-refractivity contribution >= 4 is 40.4 Å². The van der Waals surface area contributed by atoms with E-state index in [0.29, 0.717) is 23.1 Å². The van der Waals surface area contributed by atoms with Gasteiger partial charge in [-0.05, 0) is 38.1 Å². The molecule has 4 nitrogen and oxygen atoms in total. The maximum atomic E-state index is 13.2. The lowest BCUT2D eigenvalue weighted by molar-refractivity contribution is 0.234. The van der Waals surface area contributed by atoms with Crippen molar-refractivity contribution in [3.8, 4) is 5.88 Å². The van der Waals surface area contributed by atoms with Gasteiger partial charge in [-0.25, -0.2) is 4.39 Å². The summed E-state index contributed by atoms with van der Waals surface area (Å²) in [5, 5.41) is 3.25. The van der Waals surface area contributed by atoms with Crippen LogP contribution in [0.1, 0.15) is 13.8 Å². The third kappa shape index (κ3) is 3.89. The van der Waals surface area contributed by atoms with Crippen molar-refractivity contribution in [2.75, 3.05) is 11.1 Å². The molecule has 2 aromatic rings. The van der Waals surface area contributed by atoms with Crippen molar-refractivity contribution in [2.24, 2.45) is 0 Å². The van der Waals surface area contributed by atoms with Crippen LogP contribution in [0.5, 0.6) is 5.88 Å². The van der Waals surface area contributed by atoms with Crippen molar-refractivity contribution in [1.82, 2.24) is 4.98 Å². The van der Waals surface area contributed by atoms with Crippen LogP contribution in [0.4, 0.5) is 21.6 Å². The van der Waals surface area contributed by atoms with Gasteiger partial charge in [-0.3, -0.25) is 0 Å². The Bertz CT molecular complexity index is 642. The molecular weight excluding hydrogens is 316 g/mol. The van der Waals surface area contributed by atoms with Crippen molar-refractivity contribution in [1.29, 1.82) is 0 Å². The Morgan fingerprint density at radius 2 is 1.86 bits per heavy atom. The van der Waals surface area contributed by atoms with Crippen LogP contribution >= 0.6 is 23.2 Å². The van der Waals surface area contributed by atoms with Crippen molar-refractivity contribution in [3.63, 3.8) is 0 Å². The molecule has 2 rings (SSSR count). The zero-order valence-corrected chi connectivity index (χ0v) is 13.0. The van der Waals surface area contributed by atoms with E-state index in [1.165, 1.54) is 12.1 Å². The smallest absolute Gasteiger partial charge is 0.239 e. The van der Waals surface area contributed by atoms with Crippen LogP contribution in [0.25, 0.3) is 0 Å². The molecule has 0 unspecified atom stereocenters. The highest BCUT2D eigenvalue weighted by Crippen LogP contribution is 2.34. The van der Waals surface area contributed by atoms with Gasteiger partial charge in [0.2, 0.25) is 5.88 Å². The molecular formula is C14H14Cl2FN3O. The highest BCUT2D eigenvalue weighted by Gasteiger charge is 2.11. The predicted octanol–water partition coefficient (Wildman–Crippen LogP) is 4.64. The van der Waals surface area contributed by atoms with Gasteiger partial charge in [-0.2, -0.15) is 4.98 Å². The lowest BCUT2D eigenvalue weighted by Crippen LogP contribution is -2.09. The quantitative estimate of drug-likeness (QED) is 0.857. The Morgan fingerprint density at radius 3 is 2.43 bits per heavy atom. The molecule has 1 aromatic carbocycles. The fourth-order valence-electron chi connectivity index (χ4n) is 1.63. The van der Waals surface area contributed by atoms with Gasteiger partial charge in [0.05, 0.1) is 27.5 Å². The number of pyridine rings is 1. The van der Waals surface area contributed by atoms with Crippen LogP contribution in [-0.2, 0) is 0 Å². The summed E-state index contributed by atoms with van der Waals surface area (Å²) in [4.78, 5) is 4.24. The van der Waals surface area contributed by atoms with E-state index in [0.717, 1.165) is 0 Å². The Hall–Kier alpha value is -1.72. The second kappa shape index (κ2) is 6.37. The number of hydrogen-bond acceptors (Lipinski definition) is 4. The minimum absolute atomic E-state index is 0.0620. The van der Waals surface area contributed by atoms with Gasteiger partial charge >= 0.3 is 0 Å². The number of hydrogen-bond donors (Lipinski definition) is 2. The molecule has 0 aliphatic heterocycles. The number of ether oxygens (including phenoxy) is 1. The molecule has 0 saturated carbocycles. The Balaban J connectivity index is 2.32. The van der Waals surface area contributed by atoms with E-state index in [9.17, 15) is 4.39 Å². The average Bonchev–Trinajstić information content (AvgIpc) is 2.37. The van der Waals surface area contributed by atoms with Crippen molar-refractivity contribution in [3.05, 3.63) is 40.1 Å². The number of rotatable bonds is 4. The molecule has 112 valence electrons. The number of nitrogen functional groups attached to an aromatic ring is 1. The number of benzene rings is 1. The molecule has 0 aliphatic carbocycles. The third-order valence-corrected chi connectivity index (χ3v) is 3.09. The number of halogens is 3. The van der Waals surface area contributed by atoms with Gasteiger partial charge in [0.1, 0.15) is 11.6 Å². The molecule has 0 aliphatic rings. The number of nitrogens with zero attached hydrogens (tertiary/aromatic N) is 1. The molecule has 0 fully saturated rings. The minimum atomic E-state index is -0.510. The molecule has 1 aromatic heterocycles. The van der Waals surface area contributed by atoms with E-state index in [1.54, 1.807) is 12.1 Å².